The van der Waals surface area contributed by atoms with E-state index in [1.807, 2.05) is 42.5 Å². The molecule has 2 rings (SSSR count). The van der Waals surface area contributed by atoms with Crippen molar-refractivity contribution in [2.45, 2.75) is 0 Å². The summed E-state index contributed by atoms with van der Waals surface area (Å²) in [5.74, 6) is 0. The lowest BCUT2D eigenvalue weighted by Crippen LogP contribution is -1.76. The summed E-state index contributed by atoms with van der Waals surface area (Å²) in [5.41, 5.74) is 9.90. The zero-order chi connectivity index (χ0) is 10.5. The van der Waals surface area contributed by atoms with Gasteiger partial charge in [0.25, 0.3) is 0 Å². The fourth-order valence-electron chi connectivity index (χ4n) is 1.25. The van der Waals surface area contributed by atoms with Crippen LogP contribution in [0.5, 0.6) is 0 Å². The molecule has 0 bridgehead atoms. The Morgan fingerprint density at radius 2 is 1.73 bits per heavy atom. The van der Waals surface area contributed by atoms with Gasteiger partial charge in [0.15, 0.2) is 0 Å². The molecule has 2 nitrogen and oxygen atoms in total. The zero-order valence-electron chi connectivity index (χ0n) is 8.22. The van der Waals surface area contributed by atoms with Crippen molar-refractivity contribution in [1.82, 2.24) is 4.98 Å². The first kappa shape index (κ1) is 9.46. The SMILES string of the molecule is [NH-]c1ccc(/C=C/c2ccccn2)cc1. The van der Waals surface area contributed by atoms with Gasteiger partial charge in [-0.25, -0.2) is 0 Å². The maximum atomic E-state index is 7.35. The van der Waals surface area contributed by atoms with Gasteiger partial charge < -0.3 is 5.73 Å². The number of rotatable bonds is 2. The van der Waals surface area contributed by atoms with Gasteiger partial charge in [-0.15, -0.1) is 5.69 Å². The normalized spacial score (nSPS) is 10.7. The van der Waals surface area contributed by atoms with Crippen LogP contribution in [-0.2, 0) is 0 Å². The van der Waals surface area contributed by atoms with E-state index in [9.17, 15) is 0 Å². The van der Waals surface area contributed by atoms with E-state index in [0.29, 0.717) is 5.69 Å². The molecule has 0 saturated heterocycles. The third-order valence-corrected chi connectivity index (χ3v) is 2.04. The highest BCUT2D eigenvalue weighted by molar-refractivity contribution is 5.68. The van der Waals surface area contributed by atoms with Gasteiger partial charge >= 0.3 is 0 Å². The van der Waals surface area contributed by atoms with Crippen LogP contribution in [0.15, 0.2) is 48.7 Å². The molecule has 1 aromatic heterocycles. The molecule has 0 spiro atoms. The van der Waals surface area contributed by atoms with Crippen molar-refractivity contribution in [1.29, 1.82) is 0 Å². The summed E-state index contributed by atoms with van der Waals surface area (Å²) in [6, 6.07) is 13.2. The summed E-state index contributed by atoms with van der Waals surface area (Å²) in [5, 5.41) is 0. The first-order valence-electron chi connectivity index (χ1n) is 4.75. The maximum absolute atomic E-state index is 7.35. The van der Waals surface area contributed by atoms with E-state index < -0.39 is 0 Å². The molecule has 0 unspecified atom stereocenters. The van der Waals surface area contributed by atoms with Gasteiger partial charge in [0, 0.05) is 6.20 Å². The van der Waals surface area contributed by atoms with Gasteiger partial charge in [-0.3, -0.25) is 4.98 Å². The molecule has 1 aromatic carbocycles. The van der Waals surface area contributed by atoms with Crippen molar-refractivity contribution in [2.75, 3.05) is 0 Å². The molecule has 0 saturated carbocycles. The predicted molar refractivity (Wildman–Crippen MR) is 63.6 cm³/mol. The fraction of sp³-hybridized carbons (Fsp3) is 0. The number of hydrogen-bond donors (Lipinski definition) is 0. The molecule has 0 radical (unpaired) electrons. The van der Waals surface area contributed by atoms with Crippen molar-refractivity contribution in [3.8, 4) is 0 Å². The van der Waals surface area contributed by atoms with Crippen LogP contribution in [0.3, 0.4) is 0 Å². The molecule has 0 aliphatic carbocycles. The second kappa shape index (κ2) is 4.42. The number of aromatic nitrogens is 1. The molecule has 15 heavy (non-hydrogen) atoms. The Bertz CT molecular complexity index is 444. The minimum Gasteiger partial charge on any atom is -0.699 e. The number of nitrogens with one attached hydrogen (secondary N) is 1. The van der Waals surface area contributed by atoms with E-state index in [4.69, 9.17) is 5.73 Å². The number of benzene rings is 1. The molecule has 1 heterocycles. The van der Waals surface area contributed by atoms with E-state index in [2.05, 4.69) is 4.98 Å². The maximum Gasteiger partial charge on any atom is 0.0629 e. The van der Waals surface area contributed by atoms with Crippen LogP contribution < -0.4 is 0 Å². The van der Waals surface area contributed by atoms with Crippen molar-refractivity contribution >= 4 is 17.8 Å². The van der Waals surface area contributed by atoms with Crippen molar-refractivity contribution < 1.29 is 0 Å². The number of pyridine rings is 1. The monoisotopic (exact) mass is 195 g/mol. The largest absolute Gasteiger partial charge is 0.699 e. The second-order valence-corrected chi connectivity index (χ2v) is 3.21. The zero-order valence-corrected chi connectivity index (χ0v) is 8.22. The van der Waals surface area contributed by atoms with Gasteiger partial charge in [-0.1, -0.05) is 36.4 Å². The molecule has 0 amide bonds. The van der Waals surface area contributed by atoms with E-state index >= 15 is 0 Å². The quantitative estimate of drug-likeness (QED) is 0.715. The van der Waals surface area contributed by atoms with Crippen molar-refractivity contribution in [3.63, 3.8) is 0 Å². The van der Waals surface area contributed by atoms with Gasteiger partial charge in [-0.2, -0.15) is 0 Å². The molecule has 0 fully saturated rings. The fourth-order valence-corrected chi connectivity index (χ4v) is 1.25. The van der Waals surface area contributed by atoms with E-state index in [1.54, 1.807) is 18.3 Å². The minimum atomic E-state index is 0.532. The smallest absolute Gasteiger partial charge is 0.0629 e. The summed E-state index contributed by atoms with van der Waals surface area (Å²) < 4.78 is 0. The molecule has 2 heteroatoms. The Morgan fingerprint density at radius 1 is 0.933 bits per heavy atom. The summed E-state index contributed by atoms with van der Waals surface area (Å²) in [6.07, 6.45) is 5.72. The highest BCUT2D eigenvalue weighted by atomic mass is 14.6. The van der Waals surface area contributed by atoms with Crippen molar-refractivity contribution in [3.05, 3.63) is 65.7 Å². The van der Waals surface area contributed by atoms with Gasteiger partial charge in [0.2, 0.25) is 0 Å². The molecule has 2 aromatic rings. The molecule has 0 atom stereocenters. The van der Waals surface area contributed by atoms with E-state index in [1.165, 1.54) is 0 Å². The minimum absolute atomic E-state index is 0.532. The van der Waals surface area contributed by atoms with E-state index in [0.717, 1.165) is 11.3 Å². The standard InChI is InChI=1S/C13H11N2/c14-12-7-4-11(5-8-12)6-9-13-3-1-2-10-15-13/h1-10,14H/q-1/b9-6+. The molecule has 74 valence electrons. The lowest BCUT2D eigenvalue weighted by molar-refractivity contribution is 1.30. The summed E-state index contributed by atoms with van der Waals surface area (Å²) in [7, 11) is 0. The van der Waals surface area contributed by atoms with E-state index in [-0.39, 0.29) is 0 Å². The van der Waals surface area contributed by atoms with Crippen molar-refractivity contribution in [2.24, 2.45) is 0 Å². The van der Waals surface area contributed by atoms with Gasteiger partial charge in [0.05, 0.1) is 5.69 Å². The third kappa shape index (κ3) is 2.68. The summed E-state index contributed by atoms with van der Waals surface area (Å²) >= 11 is 0. The Hall–Kier alpha value is -2.09. The topological polar surface area (TPSA) is 36.7 Å². The molecular weight excluding hydrogens is 184 g/mol. The molecule has 0 aliphatic heterocycles. The lowest BCUT2D eigenvalue weighted by atomic mass is 10.2. The number of nitrogens with zero attached hydrogens (tertiary/aromatic N) is 1. The van der Waals surface area contributed by atoms with Crippen LogP contribution in [0, 0.1) is 0 Å². The Kier molecular flexibility index (Phi) is 2.79. The Balaban J connectivity index is 2.15. The Labute approximate surface area is 89.1 Å². The predicted octanol–water partition coefficient (Wildman–Crippen LogP) is 3.94. The highest BCUT2D eigenvalue weighted by Crippen LogP contribution is 2.12. The first-order chi connectivity index (χ1) is 7.34. The van der Waals surface area contributed by atoms with Crippen LogP contribution >= 0.6 is 0 Å². The van der Waals surface area contributed by atoms with Crippen LogP contribution in [-0.4, -0.2) is 4.98 Å². The Morgan fingerprint density at radius 3 is 2.40 bits per heavy atom. The summed E-state index contributed by atoms with van der Waals surface area (Å²) in [6.45, 7) is 0. The third-order valence-electron chi connectivity index (χ3n) is 2.04. The lowest BCUT2D eigenvalue weighted by Gasteiger charge is -2.01. The van der Waals surface area contributed by atoms with Crippen LogP contribution in [0.1, 0.15) is 11.3 Å². The van der Waals surface area contributed by atoms with Gasteiger partial charge in [-0.05, 0) is 23.8 Å². The average molecular weight is 195 g/mol. The van der Waals surface area contributed by atoms with Crippen LogP contribution in [0.2, 0.25) is 0 Å². The van der Waals surface area contributed by atoms with Crippen LogP contribution in [0.4, 0.5) is 5.69 Å². The first-order valence-corrected chi connectivity index (χ1v) is 4.75. The second-order valence-electron chi connectivity index (χ2n) is 3.21. The highest BCUT2D eigenvalue weighted by Gasteiger charge is 1.86. The van der Waals surface area contributed by atoms with Gasteiger partial charge in [0.1, 0.15) is 0 Å². The molecule has 1 N–H and O–H groups in total. The van der Waals surface area contributed by atoms with Crippen LogP contribution in [0.25, 0.3) is 17.9 Å². The number of hydrogen-bond acceptors (Lipinski definition) is 1. The average Bonchev–Trinajstić information content (AvgIpc) is 2.30. The molecule has 0 aliphatic rings. The summed E-state index contributed by atoms with van der Waals surface area (Å²) in [4.78, 5) is 4.19. The molecular formula is C13H11N2-.